The quantitative estimate of drug-likeness (QED) is 0.592. The fraction of sp³-hybridized carbons (Fsp3) is 1.00. The third-order valence-corrected chi connectivity index (χ3v) is 1.21. The molecule has 0 saturated carbocycles. The molecule has 0 aromatic rings. The first kappa shape index (κ1) is 19.5. The van der Waals surface area contributed by atoms with Crippen molar-refractivity contribution in [2.75, 3.05) is 14.2 Å². The zero-order chi connectivity index (χ0) is 11.8. The minimum absolute atomic E-state index is 0.833. The van der Waals surface area contributed by atoms with Crippen molar-refractivity contribution in [3.8, 4) is 0 Å². The lowest BCUT2D eigenvalue weighted by molar-refractivity contribution is 0.277. The predicted octanol–water partition coefficient (Wildman–Crippen LogP) is 4.90. The minimum Gasteiger partial charge on any atom is -0.388 e. The Morgan fingerprint density at radius 1 is 0.786 bits per heavy atom. The van der Waals surface area contributed by atoms with Gasteiger partial charge in [-0.15, -0.1) is 0 Å². The Labute approximate surface area is 92.2 Å². The van der Waals surface area contributed by atoms with Crippen molar-refractivity contribution in [3.05, 3.63) is 0 Å². The number of rotatable bonds is 4. The molecule has 0 atom stereocenters. The summed E-state index contributed by atoms with van der Waals surface area (Å²) in [7, 11) is 3.25. The Kier molecular flexibility index (Phi) is 32.2. The monoisotopic (exact) mass is 204 g/mol. The molecule has 0 saturated heterocycles. The molecule has 0 aliphatic heterocycles. The van der Waals surface area contributed by atoms with E-state index in [0.29, 0.717) is 0 Å². The molecular weight excluding hydrogens is 172 g/mol. The summed E-state index contributed by atoms with van der Waals surface area (Å²) in [6, 6.07) is 0. The first-order chi connectivity index (χ1) is 6.56. The highest BCUT2D eigenvalue weighted by atomic mass is 16.4. The normalized spacial score (nSPS) is 8.57. The lowest BCUT2D eigenvalue weighted by atomic mass is 10.2. The summed E-state index contributed by atoms with van der Waals surface area (Å²) in [6.45, 7) is 11.0. The van der Waals surface area contributed by atoms with E-state index in [1.807, 2.05) is 0 Å². The molecule has 1 heteroatoms. The largest absolute Gasteiger partial charge is 0.388 e. The Morgan fingerprint density at radius 3 is 1.14 bits per heavy atom. The molecule has 0 heterocycles. The van der Waals surface area contributed by atoms with E-state index in [4.69, 9.17) is 0 Å². The van der Waals surface area contributed by atoms with E-state index in [0.717, 1.165) is 5.92 Å². The van der Waals surface area contributed by atoms with Gasteiger partial charge in [0.1, 0.15) is 0 Å². The van der Waals surface area contributed by atoms with Crippen molar-refractivity contribution in [3.63, 3.8) is 0 Å². The van der Waals surface area contributed by atoms with Crippen LogP contribution in [0.1, 0.15) is 66.7 Å². The number of ether oxygens (including phenoxy) is 1. The fourth-order valence-electron chi connectivity index (χ4n) is 0.677. The van der Waals surface area contributed by atoms with E-state index >= 15 is 0 Å². The summed E-state index contributed by atoms with van der Waals surface area (Å²) in [4.78, 5) is 0. The van der Waals surface area contributed by atoms with Gasteiger partial charge in [0.25, 0.3) is 0 Å². The van der Waals surface area contributed by atoms with Crippen LogP contribution in [0.2, 0.25) is 0 Å². The standard InChI is InChI=1S/C7H16.C4H10.C2H6O/c1-3-5-7-6-4-2;1-4(2)3;1-3-2/h3-7H2,1-2H3;4H,1-3H3;1-2H3. The van der Waals surface area contributed by atoms with Crippen LogP contribution in [0, 0.1) is 5.92 Å². The van der Waals surface area contributed by atoms with E-state index in [1.54, 1.807) is 14.2 Å². The van der Waals surface area contributed by atoms with Crippen LogP contribution in [0.3, 0.4) is 0 Å². The molecule has 90 valence electrons. The van der Waals surface area contributed by atoms with Crippen LogP contribution >= 0.6 is 0 Å². The average Bonchev–Trinajstić information content (AvgIpc) is 2.06. The number of methoxy groups -OCH3 is 1. The number of hydrogen-bond donors (Lipinski definition) is 0. The second-order valence-corrected chi connectivity index (χ2v) is 4.20. The SMILES string of the molecule is CC(C)C.CCCCCCC.COC. The van der Waals surface area contributed by atoms with E-state index in [9.17, 15) is 0 Å². The molecular formula is C13H32O. The van der Waals surface area contributed by atoms with Crippen LogP contribution in [-0.2, 0) is 4.74 Å². The molecule has 0 bridgehead atoms. The van der Waals surface area contributed by atoms with Crippen LogP contribution in [0.5, 0.6) is 0 Å². The van der Waals surface area contributed by atoms with Crippen LogP contribution in [0.15, 0.2) is 0 Å². The van der Waals surface area contributed by atoms with Crippen molar-refractivity contribution in [1.29, 1.82) is 0 Å². The van der Waals surface area contributed by atoms with E-state index < -0.39 is 0 Å². The van der Waals surface area contributed by atoms with Gasteiger partial charge < -0.3 is 4.74 Å². The zero-order valence-electron chi connectivity index (χ0n) is 11.5. The molecule has 14 heavy (non-hydrogen) atoms. The summed E-state index contributed by atoms with van der Waals surface area (Å²) in [6.07, 6.45) is 7.01. The topological polar surface area (TPSA) is 9.23 Å². The van der Waals surface area contributed by atoms with Gasteiger partial charge in [-0.3, -0.25) is 0 Å². The lowest BCUT2D eigenvalue weighted by Gasteiger charge is -1.90. The highest BCUT2D eigenvalue weighted by molar-refractivity contribution is 4.35. The van der Waals surface area contributed by atoms with Gasteiger partial charge in [-0.1, -0.05) is 66.7 Å². The highest BCUT2D eigenvalue weighted by Gasteiger charge is 1.80. The maximum Gasteiger partial charge on any atom is 0.0351 e. The smallest absolute Gasteiger partial charge is 0.0351 e. The average molecular weight is 204 g/mol. The molecule has 0 rings (SSSR count). The van der Waals surface area contributed by atoms with Crippen molar-refractivity contribution in [2.45, 2.75) is 66.7 Å². The van der Waals surface area contributed by atoms with E-state index in [1.165, 1.54) is 32.1 Å². The van der Waals surface area contributed by atoms with Crippen molar-refractivity contribution in [1.82, 2.24) is 0 Å². The predicted molar refractivity (Wildman–Crippen MR) is 67.9 cm³/mol. The molecule has 0 aromatic heterocycles. The minimum atomic E-state index is 0.833. The molecule has 0 radical (unpaired) electrons. The van der Waals surface area contributed by atoms with Gasteiger partial charge in [-0.2, -0.15) is 0 Å². The summed E-state index contributed by atoms with van der Waals surface area (Å²) < 4.78 is 4.25. The third kappa shape index (κ3) is 91.6. The van der Waals surface area contributed by atoms with Gasteiger partial charge in [-0.25, -0.2) is 0 Å². The van der Waals surface area contributed by atoms with Gasteiger partial charge in [0.2, 0.25) is 0 Å². The van der Waals surface area contributed by atoms with Crippen LogP contribution in [0.25, 0.3) is 0 Å². The van der Waals surface area contributed by atoms with Crippen molar-refractivity contribution >= 4 is 0 Å². The molecule has 0 aliphatic carbocycles. The molecule has 0 spiro atoms. The van der Waals surface area contributed by atoms with E-state index in [-0.39, 0.29) is 0 Å². The van der Waals surface area contributed by atoms with Gasteiger partial charge in [0, 0.05) is 14.2 Å². The van der Waals surface area contributed by atoms with Gasteiger partial charge >= 0.3 is 0 Å². The van der Waals surface area contributed by atoms with Crippen LogP contribution in [0.4, 0.5) is 0 Å². The second-order valence-electron chi connectivity index (χ2n) is 4.20. The first-order valence-corrected chi connectivity index (χ1v) is 5.96. The highest BCUT2D eigenvalue weighted by Crippen LogP contribution is 2.00. The van der Waals surface area contributed by atoms with Crippen molar-refractivity contribution in [2.24, 2.45) is 5.92 Å². The summed E-state index contributed by atoms with van der Waals surface area (Å²) in [5.74, 6) is 0.833. The Hall–Kier alpha value is -0.0400. The van der Waals surface area contributed by atoms with Crippen molar-refractivity contribution < 1.29 is 4.74 Å². The zero-order valence-corrected chi connectivity index (χ0v) is 11.5. The van der Waals surface area contributed by atoms with Crippen LogP contribution in [-0.4, -0.2) is 14.2 Å². The van der Waals surface area contributed by atoms with Gasteiger partial charge in [-0.05, 0) is 5.92 Å². The Bertz CT molecular complexity index is 53.5. The first-order valence-electron chi connectivity index (χ1n) is 5.96. The lowest BCUT2D eigenvalue weighted by Crippen LogP contribution is -1.70. The summed E-state index contributed by atoms with van der Waals surface area (Å²) >= 11 is 0. The van der Waals surface area contributed by atoms with E-state index in [2.05, 4.69) is 39.4 Å². The summed E-state index contributed by atoms with van der Waals surface area (Å²) in [5, 5.41) is 0. The third-order valence-electron chi connectivity index (χ3n) is 1.21. The molecule has 0 unspecified atom stereocenters. The summed E-state index contributed by atoms with van der Waals surface area (Å²) in [5.41, 5.74) is 0. The van der Waals surface area contributed by atoms with Gasteiger partial charge in [0.05, 0.1) is 0 Å². The maximum atomic E-state index is 4.25. The Balaban J connectivity index is -0.000000147. The van der Waals surface area contributed by atoms with Gasteiger partial charge in [0.15, 0.2) is 0 Å². The Morgan fingerprint density at radius 2 is 1.00 bits per heavy atom. The maximum absolute atomic E-state index is 4.25. The molecule has 1 nitrogen and oxygen atoms in total. The molecule has 0 amide bonds. The number of unbranched alkanes of at least 4 members (excludes halogenated alkanes) is 4. The molecule has 0 N–H and O–H groups in total. The fourth-order valence-corrected chi connectivity index (χ4v) is 0.677. The molecule has 0 aromatic carbocycles. The molecule has 0 fully saturated rings. The molecule has 0 aliphatic rings. The second kappa shape index (κ2) is 23.1. The number of hydrogen-bond acceptors (Lipinski definition) is 1. The van der Waals surface area contributed by atoms with Crippen LogP contribution < -0.4 is 0 Å².